The van der Waals surface area contributed by atoms with E-state index in [4.69, 9.17) is 0 Å². The first-order valence-corrected chi connectivity index (χ1v) is 11.0. The number of amides is 1. The first-order valence-electron chi connectivity index (χ1n) is 11.0. The molecule has 5 rings (SSSR count). The average Bonchev–Trinajstić information content (AvgIpc) is 3.38. The molecule has 0 radical (unpaired) electrons. The lowest BCUT2D eigenvalue weighted by Gasteiger charge is -2.28. The third kappa shape index (κ3) is 4.63. The maximum absolute atomic E-state index is 12.6. The Bertz CT molecular complexity index is 1180. The summed E-state index contributed by atoms with van der Waals surface area (Å²) in [6.07, 6.45) is 6.53. The zero-order valence-corrected chi connectivity index (χ0v) is 17.9. The van der Waals surface area contributed by atoms with Crippen LogP contribution in [0.3, 0.4) is 0 Å². The molecule has 1 aromatic heterocycles. The fourth-order valence-corrected chi connectivity index (χ4v) is 4.19. The summed E-state index contributed by atoms with van der Waals surface area (Å²) in [5.74, 6) is -0.0536. The zero-order valence-electron chi connectivity index (χ0n) is 17.9. The molecule has 1 aliphatic heterocycles. The molecule has 0 atom stereocenters. The summed E-state index contributed by atoms with van der Waals surface area (Å²) < 4.78 is 1.95. The summed E-state index contributed by atoms with van der Waals surface area (Å²) in [5, 5.41) is 3.01. The lowest BCUT2D eigenvalue weighted by Crippen LogP contribution is -2.30. The van der Waals surface area contributed by atoms with E-state index in [9.17, 15) is 4.79 Å². The molecule has 0 unspecified atom stereocenters. The first kappa shape index (κ1) is 20.2. The van der Waals surface area contributed by atoms with Crippen molar-refractivity contribution in [3.8, 4) is 5.69 Å². The molecule has 160 valence electrons. The summed E-state index contributed by atoms with van der Waals surface area (Å²) in [5.41, 5.74) is 6.92. The van der Waals surface area contributed by atoms with Gasteiger partial charge in [-0.15, -0.1) is 0 Å². The largest absolute Gasteiger partial charge is 0.348 e. The van der Waals surface area contributed by atoms with E-state index in [1.54, 1.807) is 12.5 Å². The van der Waals surface area contributed by atoms with Crippen LogP contribution >= 0.6 is 0 Å². The van der Waals surface area contributed by atoms with Crippen molar-refractivity contribution in [2.24, 2.45) is 0 Å². The van der Waals surface area contributed by atoms with E-state index < -0.39 is 0 Å². The standard InChI is InChI=1S/C27H26N4O/c32-27(29-17-21-7-11-26(12-8-21)31-16-14-28-20-31)24-9-5-22(6-10-24)18-30-15-13-23-3-1-2-4-25(23)19-30/h1-12,14,16,20H,13,15,17-19H2,(H,29,32). The summed E-state index contributed by atoms with van der Waals surface area (Å²) in [6.45, 7) is 3.45. The van der Waals surface area contributed by atoms with Crippen LogP contribution in [0, 0.1) is 0 Å². The SMILES string of the molecule is O=C(NCc1ccc(-n2ccnc2)cc1)c1ccc(CN2CCc3ccccc3C2)cc1. The van der Waals surface area contributed by atoms with Crippen LogP contribution in [0.25, 0.3) is 5.69 Å². The van der Waals surface area contributed by atoms with E-state index in [0.717, 1.165) is 37.3 Å². The number of nitrogens with zero attached hydrogens (tertiary/aromatic N) is 3. The van der Waals surface area contributed by atoms with Crippen molar-refractivity contribution in [2.45, 2.75) is 26.1 Å². The number of carbonyl (C=O) groups excluding carboxylic acids is 1. The number of rotatable bonds is 6. The third-order valence-corrected chi connectivity index (χ3v) is 6.02. The van der Waals surface area contributed by atoms with Crippen LogP contribution in [0.1, 0.15) is 32.6 Å². The maximum Gasteiger partial charge on any atom is 0.251 e. The topological polar surface area (TPSA) is 50.2 Å². The Balaban J connectivity index is 1.14. The summed E-state index contributed by atoms with van der Waals surface area (Å²) >= 11 is 0. The Morgan fingerprint density at radius 1 is 0.906 bits per heavy atom. The van der Waals surface area contributed by atoms with E-state index in [2.05, 4.69) is 51.6 Å². The van der Waals surface area contributed by atoms with Gasteiger partial charge in [0, 0.05) is 49.8 Å². The van der Waals surface area contributed by atoms with Crippen LogP contribution in [0.5, 0.6) is 0 Å². The van der Waals surface area contributed by atoms with Gasteiger partial charge < -0.3 is 9.88 Å². The number of hydrogen-bond donors (Lipinski definition) is 1. The number of nitrogens with one attached hydrogen (secondary N) is 1. The van der Waals surface area contributed by atoms with E-state index in [0.29, 0.717) is 12.1 Å². The van der Waals surface area contributed by atoms with Crippen LogP contribution in [-0.2, 0) is 26.1 Å². The molecule has 0 fully saturated rings. The van der Waals surface area contributed by atoms with Gasteiger partial charge in [0.15, 0.2) is 0 Å². The summed E-state index contributed by atoms with van der Waals surface area (Å²) in [7, 11) is 0. The molecular formula is C27H26N4O. The van der Waals surface area contributed by atoms with Crippen LogP contribution in [0.15, 0.2) is 91.5 Å². The number of fused-ring (bicyclic) bond motifs is 1. The van der Waals surface area contributed by atoms with Gasteiger partial charge in [-0.3, -0.25) is 9.69 Å². The van der Waals surface area contributed by atoms with Gasteiger partial charge in [0.1, 0.15) is 0 Å². The highest BCUT2D eigenvalue weighted by Gasteiger charge is 2.16. The second kappa shape index (κ2) is 9.20. The molecule has 4 aromatic rings. The van der Waals surface area contributed by atoms with Crippen molar-refractivity contribution in [2.75, 3.05) is 6.54 Å². The van der Waals surface area contributed by atoms with Crippen molar-refractivity contribution >= 4 is 5.91 Å². The molecule has 0 aliphatic carbocycles. The normalized spacial score (nSPS) is 13.5. The predicted octanol–water partition coefficient (Wildman–Crippen LogP) is 4.36. The fourth-order valence-electron chi connectivity index (χ4n) is 4.19. The maximum atomic E-state index is 12.6. The quantitative estimate of drug-likeness (QED) is 0.502. The minimum atomic E-state index is -0.0536. The number of imidazole rings is 1. The number of benzene rings is 3. The Morgan fingerprint density at radius 2 is 1.66 bits per heavy atom. The lowest BCUT2D eigenvalue weighted by atomic mass is 9.99. The van der Waals surface area contributed by atoms with Crippen LogP contribution in [0.4, 0.5) is 0 Å². The zero-order chi connectivity index (χ0) is 21.8. The van der Waals surface area contributed by atoms with Crippen molar-refractivity contribution in [1.82, 2.24) is 19.8 Å². The van der Waals surface area contributed by atoms with Gasteiger partial charge in [0.25, 0.3) is 5.91 Å². The number of carbonyl (C=O) groups is 1. The van der Waals surface area contributed by atoms with Crippen LogP contribution in [0.2, 0.25) is 0 Å². The molecule has 3 aromatic carbocycles. The monoisotopic (exact) mass is 422 g/mol. The molecule has 1 amide bonds. The molecule has 2 heterocycles. The lowest BCUT2D eigenvalue weighted by molar-refractivity contribution is 0.0951. The smallest absolute Gasteiger partial charge is 0.251 e. The molecule has 1 N–H and O–H groups in total. The van der Waals surface area contributed by atoms with Crippen molar-refractivity contribution < 1.29 is 4.79 Å². The molecular weight excluding hydrogens is 396 g/mol. The van der Waals surface area contributed by atoms with Gasteiger partial charge in [-0.2, -0.15) is 0 Å². The third-order valence-electron chi connectivity index (χ3n) is 6.02. The second-order valence-electron chi connectivity index (χ2n) is 8.25. The van der Waals surface area contributed by atoms with Crippen molar-refractivity contribution in [1.29, 1.82) is 0 Å². The van der Waals surface area contributed by atoms with Crippen LogP contribution in [-0.4, -0.2) is 26.9 Å². The molecule has 1 aliphatic rings. The second-order valence-corrected chi connectivity index (χ2v) is 8.25. The van der Waals surface area contributed by atoms with Gasteiger partial charge in [-0.1, -0.05) is 48.5 Å². The van der Waals surface area contributed by atoms with Crippen LogP contribution < -0.4 is 5.32 Å². The molecule has 5 nitrogen and oxygen atoms in total. The minimum absolute atomic E-state index is 0.0536. The first-order chi connectivity index (χ1) is 15.7. The Hall–Kier alpha value is -3.70. The van der Waals surface area contributed by atoms with Crippen molar-refractivity contribution in [3.63, 3.8) is 0 Å². The van der Waals surface area contributed by atoms with Crippen molar-refractivity contribution in [3.05, 3.63) is 119 Å². The molecule has 0 spiro atoms. The molecule has 0 bridgehead atoms. The molecule has 32 heavy (non-hydrogen) atoms. The number of aromatic nitrogens is 2. The van der Waals surface area contributed by atoms with Gasteiger partial charge in [0.2, 0.25) is 0 Å². The molecule has 0 saturated heterocycles. The fraction of sp³-hybridized carbons (Fsp3) is 0.185. The van der Waals surface area contributed by atoms with Gasteiger partial charge >= 0.3 is 0 Å². The highest BCUT2D eigenvalue weighted by molar-refractivity contribution is 5.94. The average molecular weight is 423 g/mol. The minimum Gasteiger partial charge on any atom is -0.348 e. The summed E-state index contributed by atoms with van der Waals surface area (Å²) in [4.78, 5) is 19.1. The summed E-state index contributed by atoms with van der Waals surface area (Å²) in [6, 6.07) is 24.8. The number of hydrogen-bond acceptors (Lipinski definition) is 3. The van der Waals surface area contributed by atoms with Gasteiger partial charge in [0.05, 0.1) is 6.33 Å². The molecule has 0 saturated carbocycles. The van der Waals surface area contributed by atoms with Gasteiger partial charge in [-0.05, 0) is 52.9 Å². The Kier molecular flexibility index (Phi) is 5.81. The highest BCUT2D eigenvalue weighted by atomic mass is 16.1. The van der Waals surface area contributed by atoms with E-state index >= 15 is 0 Å². The van der Waals surface area contributed by atoms with E-state index in [1.165, 1.54) is 16.7 Å². The Morgan fingerprint density at radius 3 is 2.41 bits per heavy atom. The van der Waals surface area contributed by atoms with Gasteiger partial charge in [-0.25, -0.2) is 4.98 Å². The highest BCUT2D eigenvalue weighted by Crippen LogP contribution is 2.20. The molecule has 5 heteroatoms. The Labute approximate surface area is 188 Å². The van der Waals surface area contributed by atoms with E-state index in [-0.39, 0.29) is 5.91 Å². The van der Waals surface area contributed by atoms with E-state index in [1.807, 2.05) is 47.2 Å². The predicted molar refractivity (Wildman–Crippen MR) is 125 cm³/mol.